The summed E-state index contributed by atoms with van der Waals surface area (Å²) in [6.07, 6.45) is -0.892. The molecule has 4 atom stereocenters. The van der Waals surface area contributed by atoms with Crippen molar-refractivity contribution in [2.75, 3.05) is 5.75 Å². The van der Waals surface area contributed by atoms with Gasteiger partial charge < -0.3 is 14.6 Å². The number of esters is 1. The molecule has 0 radical (unpaired) electrons. The Morgan fingerprint density at radius 2 is 2.16 bits per heavy atom. The first kappa shape index (κ1) is 13.0. The second-order valence-electron chi connectivity index (χ2n) is 4.86. The highest BCUT2D eigenvalue weighted by Crippen LogP contribution is 2.37. The van der Waals surface area contributed by atoms with Gasteiger partial charge in [-0.3, -0.25) is 4.79 Å². The Morgan fingerprint density at radius 1 is 1.37 bits per heavy atom. The number of hydrogen-bond donors (Lipinski definition) is 1. The van der Waals surface area contributed by atoms with Crippen molar-refractivity contribution >= 4 is 17.7 Å². The largest absolute Gasteiger partial charge is 0.458 e. The van der Waals surface area contributed by atoms with Gasteiger partial charge in [-0.15, -0.1) is 0 Å². The van der Waals surface area contributed by atoms with E-state index in [9.17, 15) is 9.90 Å². The Labute approximate surface area is 116 Å². The minimum atomic E-state index is -0.583. The first-order valence-electron chi connectivity index (χ1n) is 6.39. The molecule has 5 heteroatoms. The molecule has 19 heavy (non-hydrogen) atoms. The van der Waals surface area contributed by atoms with E-state index in [0.717, 1.165) is 5.56 Å². The Morgan fingerprint density at radius 3 is 2.95 bits per heavy atom. The van der Waals surface area contributed by atoms with Gasteiger partial charge >= 0.3 is 5.97 Å². The smallest absolute Gasteiger partial charge is 0.307 e. The van der Waals surface area contributed by atoms with Crippen LogP contribution >= 0.6 is 11.8 Å². The minimum Gasteiger partial charge on any atom is -0.458 e. The molecule has 2 aliphatic heterocycles. The molecule has 1 aromatic rings. The first-order valence-corrected chi connectivity index (χ1v) is 7.43. The van der Waals surface area contributed by atoms with Gasteiger partial charge in [0.2, 0.25) is 0 Å². The summed E-state index contributed by atoms with van der Waals surface area (Å²) in [6, 6.07) is 9.79. The van der Waals surface area contributed by atoms with Crippen LogP contribution in [0.4, 0.5) is 0 Å². The maximum atomic E-state index is 11.4. The number of fused-ring (bicyclic) bond motifs is 1. The first-order chi connectivity index (χ1) is 9.24. The lowest BCUT2D eigenvalue weighted by Crippen LogP contribution is -2.48. The Balaban J connectivity index is 1.66. The summed E-state index contributed by atoms with van der Waals surface area (Å²) < 4.78 is 11.1. The fourth-order valence-electron chi connectivity index (χ4n) is 2.50. The number of ether oxygens (including phenoxy) is 2. The number of carbonyl (C=O) groups is 1. The van der Waals surface area contributed by atoms with Crippen molar-refractivity contribution < 1.29 is 19.4 Å². The molecule has 1 aromatic carbocycles. The zero-order valence-corrected chi connectivity index (χ0v) is 11.2. The lowest BCUT2D eigenvalue weighted by Gasteiger charge is -2.35. The summed E-state index contributed by atoms with van der Waals surface area (Å²) in [7, 11) is 0. The molecule has 2 saturated heterocycles. The summed E-state index contributed by atoms with van der Waals surface area (Å²) in [5.41, 5.74) is 1.05. The van der Waals surface area contributed by atoms with Crippen molar-refractivity contribution in [3.63, 3.8) is 0 Å². The van der Waals surface area contributed by atoms with Crippen LogP contribution in [0.1, 0.15) is 12.0 Å². The van der Waals surface area contributed by atoms with E-state index in [-0.39, 0.29) is 17.3 Å². The second-order valence-corrected chi connectivity index (χ2v) is 6.13. The van der Waals surface area contributed by atoms with E-state index < -0.39 is 12.2 Å². The predicted molar refractivity (Wildman–Crippen MR) is 71.8 cm³/mol. The Kier molecular flexibility index (Phi) is 3.77. The molecule has 0 bridgehead atoms. The van der Waals surface area contributed by atoms with Crippen LogP contribution in [0, 0.1) is 0 Å². The third kappa shape index (κ3) is 2.78. The van der Waals surface area contributed by atoms with Crippen molar-refractivity contribution in [1.82, 2.24) is 0 Å². The molecule has 0 saturated carbocycles. The number of aliphatic hydroxyl groups is 1. The summed E-state index contributed by atoms with van der Waals surface area (Å²) in [4.78, 5) is 11.4. The SMILES string of the molecule is O=C1C[C@@H]2SC[C@@H](O)[C@@H](OCc3ccccc3)[C@@H]2O1. The zero-order valence-electron chi connectivity index (χ0n) is 10.4. The van der Waals surface area contributed by atoms with Gasteiger partial charge in [0.05, 0.1) is 24.4 Å². The standard InChI is InChI=1S/C14H16O4S/c15-10-8-19-11-6-12(16)18-14(11)13(10)17-7-9-4-2-1-3-5-9/h1-5,10-11,13-15H,6-8H2/t10-,11+,13-,14-/m1/s1. The van der Waals surface area contributed by atoms with Crippen LogP contribution in [0.3, 0.4) is 0 Å². The van der Waals surface area contributed by atoms with Gasteiger partial charge in [0.25, 0.3) is 0 Å². The molecule has 1 N–H and O–H groups in total. The van der Waals surface area contributed by atoms with E-state index in [0.29, 0.717) is 18.8 Å². The monoisotopic (exact) mass is 280 g/mol. The van der Waals surface area contributed by atoms with Gasteiger partial charge in [-0.05, 0) is 5.56 Å². The quantitative estimate of drug-likeness (QED) is 0.847. The van der Waals surface area contributed by atoms with Crippen LogP contribution in [-0.2, 0) is 20.9 Å². The van der Waals surface area contributed by atoms with Crippen molar-refractivity contribution in [3.05, 3.63) is 35.9 Å². The van der Waals surface area contributed by atoms with Crippen LogP contribution in [0.2, 0.25) is 0 Å². The normalized spacial score (nSPS) is 33.8. The maximum Gasteiger partial charge on any atom is 0.307 e. The molecule has 102 valence electrons. The highest BCUT2D eigenvalue weighted by molar-refractivity contribution is 8.00. The van der Waals surface area contributed by atoms with Crippen LogP contribution < -0.4 is 0 Å². The molecule has 2 heterocycles. The topological polar surface area (TPSA) is 55.8 Å². The van der Waals surface area contributed by atoms with Gasteiger partial charge in [-0.2, -0.15) is 11.8 Å². The molecule has 2 fully saturated rings. The maximum absolute atomic E-state index is 11.4. The molecule has 0 spiro atoms. The highest BCUT2D eigenvalue weighted by Gasteiger charge is 2.47. The van der Waals surface area contributed by atoms with E-state index in [4.69, 9.17) is 9.47 Å². The number of aliphatic hydroxyl groups excluding tert-OH is 1. The number of benzene rings is 1. The van der Waals surface area contributed by atoms with Crippen molar-refractivity contribution in [3.8, 4) is 0 Å². The third-order valence-electron chi connectivity index (χ3n) is 3.47. The molecule has 4 nitrogen and oxygen atoms in total. The molecule has 0 aromatic heterocycles. The summed E-state index contributed by atoms with van der Waals surface area (Å²) in [5.74, 6) is 0.405. The zero-order chi connectivity index (χ0) is 13.2. The number of hydrogen-bond acceptors (Lipinski definition) is 5. The van der Waals surface area contributed by atoms with Crippen molar-refractivity contribution in [1.29, 1.82) is 0 Å². The molecule has 3 rings (SSSR count). The van der Waals surface area contributed by atoms with Crippen LogP contribution in [0.25, 0.3) is 0 Å². The lowest BCUT2D eigenvalue weighted by atomic mass is 10.0. The van der Waals surface area contributed by atoms with E-state index in [1.54, 1.807) is 11.8 Å². The predicted octanol–water partition coefficient (Wildman–Crippen LogP) is 1.36. The summed E-state index contributed by atoms with van der Waals surface area (Å²) >= 11 is 1.60. The van der Waals surface area contributed by atoms with Gasteiger partial charge in [0.15, 0.2) is 0 Å². The number of rotatable bonds is 3. The fourth-order valence-corrected chi connectivity index (χ4v) is 3.79. The molecular formula is C14H16O4S. The molecular weight excluding hydrogens is 264 g/mol. The van der Waals surface area contributed by atoms with Gasteiger partial charge in [0.1, 0.15) is 12.2 Å². The average molecular weight is 280 g/mol. The van der Waals surface area contributed by atoms with E-state index in [1.165, 1.54) is 0 Å². The molecule has 0 aliphatic carbocycles. The van der Waals surface area contributed by atoms with Crippen LogP contribution in [0.5, 0.6) is 0 Å². The lowest BCUT2D eigenvalue weighted by molar-refractivity contribution is -0.153. The van der Waals surface area contributed by atoms with Crippen LogP contribution in [-0.4, -0.2) is 40.4 Å². The van der Waals surface area contributed by atoms with Crippen LogP contribution in [0.15, 0.2) is 30.3 Å². The third-order valence-corrected chi connectivity index (χ3v) is 4.87. The molecule has 0 amide bonds. The number of carbonyl (C=O) groups excluding carboxylic acids is 1. The Bertz CT molecular complexity index is 450. The summed E-state index contributed by atoms with van der Waals surface area (Å²) in [5, 5.41) is 10.2. The van der Waals surface area contributed by atoms with Gasteiger partial charge in [0, 0.05) is 5.75 Å². The molecule has 2 aliphatic rings. The summed E-state index contributed by atoms with van der Waals surface area (Å²) in [6.45, 7) is 0.425. The highest BCUT2D eigenvalue weighted by atomic mass is 32.2. The second kappa shape index (κ2) is 5.53. The van der Waals surface area contributed by atoms with Gasteiger partial charge in [-0.1, -0.05) is 30.3 Å². The fraction of sp³-hybridized carbons (Fsp3) is 0.500. The average Bonchev–Trinajstić information content (AvgIpc) is 2.79. The van der Waals surface area contributed by atoms with Crippen molar-refractivity contribution in [2.24, 2.45) is 0 Å². The Hall–Kier alpha value is -1.04. The van der Waals surface area contributed by atoms with E-state index in [2.05, 4.69) is 0 Å². The number of thioether (sulfide) groups is 1. The van der Waals surface area contributed by atoms with Crippen molar-refractivity contribution in [2.45, 2.75) is 36.6 Å². The van der Waals surface area contributed by atoms with Gasteiger partial charge in [-0.25, -0.2) is 0 Å². The molecule has 0 unspecified atom stereocenters. The minimum absolute atomic E-state index is 0.122. The van der Waals surface area contributed by atoms with E-state index >= 15 is 0 Å². The van der Waals surface area contributed by atoms with E-state index in [1.807, 2.05) is 30.3 Å².